The summed E-state index contributed by atoms with van der Waals surface area (Å²) in [4.78, 5) is 13.5. The van der Waals surface area contributed by atoms with Gasteiger partial charge in [0.05, 0.1) is 0 Å². The van der Waals surface area contributed by atoms with Crippen molar-refractivity contribution in [3.63, 3.8) is 0 Å². The Balaban J connectivity index is -0.000000665. The standard InChI is InChI=1S/C18H17N3.4C2H6.2HI.V/c1-14-19-17(12-15-8-4-2-5-9-15)21-18(20-14)13-16-10-6-3-7-11-16;4*1-2;;;/h2-11H,12-13H2,1H3;4*1-2H3;2*1H;/q;;;;;;;+2/p-2. The summed E-state index contributed by atoms with van der Waals surface area (Å²) in [6, 6.07) is 20.6. The maximum atomic E-state index is 4.60. The molecule has 0 aliphatic heterocycles. The van der Waals surface area contributed by atoms with Crippen molar-refractivity contribution >= 4 is 40.0 Å². The topological polar surface area (TPSA) is 38.7 Å². The average Bonchev–Trinajstić information content (AvgIpc) is 2.86. The molecule has 0 unspecified atom stereocenters. The van der Waals surface area contributed by atoms with Crippen molar-refractivity contribution in [2.75, 3.05) is 0 Å². The number of hydrogen-bond donors (Lipinski definition) is 0. The van der Waals surface area contributed by atoms with Crippen molar-refractivity contribution in [1.82, 2.24) is 15.0 Å². The number of benzene rings is 2. The molecule has 0 bridgehead atoms. The first kappa shape index (κ1) is 36.1. The van der Waals surface area contributed by atoms with E-state index in [4.69, 9.17) is 0 Å². The van der Waals surface area contributed by atoms with Gasteiger partial charge in [-0.25, -0.2) is 15.0 Å². The van der Waals surface area contributed by atoms with Gasteiger partial charge in [0.1, 0.15) is 17.5 Å². The van der Waals surface area contributed by atoms with Crippen LogP contribution < -0.4 is 0 Å². The molecule has 179 valence electrons. The van der Waals surface area contributed by atoms with Crippen LogP contribution in [0.1, 0.15) is 84.0 Å². The van der Waals surface area contributed by atoms with E-state index in [0.717, 1.165) is 30.3 Å². The number of aryl methyl sites for hydroxylation is 1. The Labute approximate surface area is 226 Å². The zero-order valence-corrected chi connectivity index (χ0v) is 26.9. The molecular weight excluding hydrogens is 659 g/mol. The second-order valence-electron chi connectivity index (χ2n) is 5.10. The number of hydrogen-bond acceptors (Lipinski definition) is 3. The quantitative estimate of drug-likeness (QED) is 0.255. The van der Waals surface area contributed by atoms with Crippen molar-refractivity contribution in [3.05, 3.63) is 89.3 Å². The van der Waals surface area contributed by atoms with Crippen molar-refractivity contribution in [3.8, 4) is 0 Å². The second-order valence-corrected chi connectivity index (χ2v) is 16.9. The van der Waals surface area contributed by atoms with Crippen molar-refractivity contribution < 1.29 is 9.47 Å². The second kappa shape index (κ2) is 28.5. The van der Waals surface area contributed by atoms with Gasteiger partial charge in [-0.1, -0.05) is 116 Å². The van der Waals surface area contributed by atoms with E-state index in [-0.39, 0.29) is 0 Å². The molecule has 2 aromatic carbocycles. The normalized spacial score (nSPS) is 8.09. The molecule has 0 radical (unpaired) electrons. The Morgan fingerprint density at radius 3 is 1.12 bits per heavy atom. The van der Waals surface area contributed by atoms with E-state index in [2.05, 4.69) is 79.2 Å². The van der Waals surface area contributed by atoms with Gasteiger partial charge in [-0.3, -0.25) is 0 Å². The van der Waals surface area contributed by atoms with Crippen molar-refractivity contribution in [2.45, 2.75) is 75.2 Å². The first-order valence-corrected chi connectivity index (χ1v) is 20.4. The van der Waals surface area contributed by atoms with E-state index in [0.29, 0.717) is 9.47 Å². The van der Waals surface area contributed by atoms with E-state index < -0.39 is 0 Å². The van der Waals surface area contributed by atoms with Crippen LogP contribution in [0, 0.1) is 6.92 Å². The molecule has 0 spiro atoms. The maximum absolute atomic E-state index is 4.60. The zero-order valence-electron chi connectivity index (χ0n) is 21.2. The summed E-state index contributed by atoms with van der Waals surface area (Å²) in [5.41, 5.74) is 2.43. The van der Waals surface area contributed by atoms with Crippen LogP contribution in [0.15, 0.2) is 60.7 Å². The number of aromatic nitrogens is 3. The third kappa shape index (κ3) is 19.0. The van der Waals surface area contributed by atoms with Crippen LogP contribution in [-0.2, 0) is 22.3 Å². The monoisotopic (exact) mass is 700 g/mol. The van der Waals surface area contributed by atoms with Gasteiger partial charge in [-0.05, 0) is 18.1 Å². The van der Waals surface area contributed by atoms with Gasteiger partial charge in [0, 0.05) is 12.8 Å². The molecule has 0 atom stereocenters. The summed E-state index contributed by atoms with van der Waals surface area (Å²) >= 11 is 4.74. The summed E-state index contributed by atoms with van der Waals surface area (Å²) in [7, 11) is 0.628. The summed E-state index contributed by atoms with van der Waals surface area (Å²) in [5.74, 6) is 2.45. The van der Waals surface area contributed by atoms with Crippen LogP contribution in [-0.4, -0.2) is 15.0 Å². The Morgan fingerprint density at radius 1 is 0.562 bits per heavy atom. The molecule has 0 aliphatic carbocycles. The first-order valence-electron chi connectivity index (χ1n) is 11.4. The van der Waals surface area contributed by atoms with E-state index >= 15 is 0 Å². The van der Waals surface area contributed by atoms with E-state index in [9.17, 15) is 0 Å². The average molecular weight is 700 g/mol. The molecule has 1 aromatic heterocycles. The number of nitrogens with zero attached hydrogens (tertiary/aromatic N) is 3. The van der Waals surface area contributed by atoms with Crippen LogP contribution in [0.3, 0.4) is 0 Å². The molecule has 1 heterocycles. The first-order chi connectivity index (χ1) is 15.7. The van der Waals surface area contributed by atoms with Gasteiger partial charge in [-0.2, -0.15) is 0 Å². The Kier molecular flexibility index (Phi) is 32.2. The van der Waals surface area contributed by atoms with Crippen molar-refractivity contribution in [2.24, 2.45) is 0 Å². The van der Waals surface area contributed by atoms with Crippen LogP contribution in [0.25, 0.3) is 0 Å². The fourth-order valence-corrected chi connectivity index (χ4v) is 2.31. The molecule has 3 rings (SSSR count). The molecule has 0 fully saturated rings. The molecule has 0 aliphatic rings. The Morgan fingerprint density at radius 2 is 0.844 bits per heavy atom. The molecule has 6 heteroatoms. The van der Waals surface area contributed by atoms with E-state index in [1.54, 1.807) is 0 Å². The molecule has 3 aromatic rings. The zero-order chi connectivity index (χ0) is 25.2. The van der Waals surface area contributed by atoms with Crippen LogP contribution >= 0.6 is 40.0 Å². The van der Waals surface area contributed by atoms with Crippen LogP contribution in [0.5, 0.6) is 0 Å². The number of halogens is 2. The third-order valence-electron chi connectivity index (χ3n) is 3.25. The molecule has 0 saturated carbocycles. The summed E-state index contributed by atoms with van der Waals surface area (Å²) < 4.78 is 0. The fourth-order valence-electron chi connectivity index (χ4n) is 2.31. The fraction of sp³-hybridized carbons (Fsp3) is 0.423. The minimum absolute atomic E-state index is 0.628. The molecular formula is C26H41I2N3V. The minimum atomic E-state index is 0.628. The van der Waals surface area contributed by atoms with Gasteiger partial charge in [0.2, 0.25) is 0 Å². The summed E-state index contributed by atoms with van der Waals surface area (Å²) in [6.45, 7) is 17.9. The molecule has 32 heavy (non-hydrogen) atoms. The van der Waals surface area contributed by atoms with Gasteiger partial charge in [0.25, 0.3) is 0 Å². The molecule has 3 nitrogen and oxygen atoms in total. The van der Waals surface area contributed by atoms with E-state index in [1.165, 1.54) is 11.1 Å². The van der Waals surface area contributed by atoms with Crippen molar-refractivity contribution in [1.29, 1.82) is 0 Å². The summed E-state index contributed by atoms with van der Waals surface area (Å²) in [6.07, 6.45) is 1.48. The molecule has 0 N–H and O–H groups in total. The van der Waals surface area contributed by atoms with Gasteiger partial charge in [0.15, 0.2) is 0 Å². The van der Waals surface area contributed by atoms with Gasteiger partial charge >= 0.3 is 49.4 Å². The molecule has 0 saturated heterocycles. The Bertz CT molecular complexity index is 683. The van der Waals surface area contributed by atoms with Crippen LogP contribution in [0.2, 0.25) is 0 Å². The molecule has 0 amide bonds. The number of rotatable bonds is 4. The predicted octanol–water partition coefficient (Wildman–Crippen LogP) is 9.24. The predicted molar refractivity (Wildman–Crippen MR) is 156 cm³/mol. The van der Waals surface area contributed by atoms with E-state index in [1.807, 2.05) is 98.7 Å². The van der Waals surface area contributed by atoms with Gasteiger partial charge in [-0.15, -0.1) is 0 Å². The SMILES string of the molecule is CC.CC.CC.CC.Cc1nc(Cc2ccccc2)nc(Cc2ccccc2)n1.[I][V][I]. The Hall–Kier alpha value is -0.506. The van der Waals surface area contributed by atoms with Gasteiger partial charge < -0.3 is 0 Å². The van der Waals surface area contributed by atoms with Crippen LogP contribution in [0.4, 0.5) is 0 Å². The summed E-state index contributed by atoms with van der Waals surface area (Å²) in [5, 5.41) is 0. The third-order valence-corrected chi connectivity index (χ3v) is 3.25.